The van der Waals surface area contributed by atoms with Gasteiger partial charge in [-0.1, -0.05) is 12.1 Å². The van der Waals surface area contributed by atoms with Crippen LogP contribution in [0.5, 0.6) is 11.5 Å². The van der Waals surface area contributed by atoms with E-state index in [0.717, 1.165) is 16.7 Å². The van der Waals surface area contributed by atoms with E-state index in [0.29, 0.717) is 29.9 Å². The zero-order chi connectivity index (χ0) is 19.9. The highest BCUT2D eigenvalue weighted by Gasteiger charge is 2.09. The highest BCUT2D eigenvalue weighted by molar-refractivity contribution is 5.81. The van der Waals surface area contributed by atoms with Crippen molar-refractivity contribution in [2.24, 2.45) is 0 Å². The second-order valence-corrected chi connectivity index (χ2v) is 6.38. The molecule has 146 valence electrons. The normalized spacial score (nSPS) is 10.6. The Balaban J connectivity index is 1.48. The van der Waals surface area contributed by atoms with Gasteiger partial charge in [-0.3, -0.25) is 4.79 Å². The molecule has 1 aromatic heterocycles. The van der Waals surface area contributed by atoms with E-state index >= 15 is 0 Å². The Morgan fingerprint density at radius 2 is 1.79 bits per heavy atom. The van der Waals surface area contributed by atoms with Crippen molar-refractivity contribution in [3.63, 3.8) is 0 Å². The predicted molar refractivity (Wildman–Crippen MR) is 105 cm³/mol. The number of rotatable bonds is 8. The molecule has 0 aliphatic heterocycles. The largest absolute Gasteiger partial charge is 0.497 e. The lowest BCUT2D eigenvalue weighted by Gasteiger charge is -2.09. The third-order valence-corrected chi connectivity index (χ3v) is 4.23. The number of methoxy groups -OCH3 is 1. The van der Waals surface area contributed by atoms with Gasteiger partial charge in [-0.2, -0.15) is 0 Å². The first-order valence-electron chi connectivity index (χ1n) is 9.01. The van der Waals surface area contributed by atoms with Gasteiger partial charge in [-0.25, -0.2) is 4.79 Å². The van der Waals surface area contributed by atoms with E-state index in [1.165, 1.54) is 6.07 Å². The molecule has 0 fully saturated rings. The van der Waals surface area contributed by atoms with Gasteiger partial charge in [-0.15, -0.1) is 0 Å². The van der Waals surface area contributed by atoms with E-state index < -0.39 is 5.63 Å². The summed E-state index contributed by atoms with van der Waals surface area (Å²) in [6, 6.07) is 14.2. The fraction of sp³-hybridized carbons (Fsp3) is 0.273. The van der Waals surface area contributed by atoms with Crippen molar-refractivity contribution in [3.05, 3.63) is 70.1 Å². The number of benzene rings is 2. The Bertz CT molecular complexity index is 1000. The summed E-state index contributed by atoms with van der Waals surface area (Å²) < 4.78 is 21.2. The Hall–Kier alpha value is -3.28. The monoisotopic (exact) mass is 382 g/mol. The summed E-state index contributed by atoms with van der Waals surface area (Å²) in [5, 5.41) is 0.765. The quantitative estimate of drug-likeness (QED) is 0.333. The average molecular weight is 382 g/mol. The molecule has 28 heavy (non-hydrogen) atoms. The van der Waals surface area contributed by atoms with E-state index in [2.05, 4.69) is 0 Å². The molecule has 0 saturated heterocycles. The average Bonchev–Trinajstić information content (AvgIpc) is 2.69. The number of hydrogen-bond acceptors (Lipinski definition) is 6. The fourth-order valence-corrected chi connectivity index (χ4v) is 2.77. The van der Waals surface area contributed by atoms with E-state index in [1.54, 1.807) is 13.2 Å². The Morgan fingerprint density at radius 3 is 2.54 bits per heavy atom. The number of carbonyl (C=O) groups is 1. The molecule has 3 aromatic rings. The van der Waals surface area contributed by atoms with Crippen molar-refractivity contribution in [3.8, 4) is 11.5 Å². The maximum atomic E-state index is 12.0. The Labute approximate surface area is 162 Å². The van der Waals surface area contributed by atoms with Crippen molar-refractivity contribution in [2.45, 2.75) is 26.4 Å². The van der Waals surface area contributed by atoms with Crippen LogP contribution in [-0.4, -0.2) is 19.7 Å². The number of aryl methyl sites for hydroxylation is 1. The van der Waals surface area contributed by atoms with Crippen LogP contribution in [-0.2, 0) is 16.1 Å². The Morgan fingerprint density at radius 1 is 1.04 bits per heavy atom. The highest BCUT2D eigenvalue weighted by Crippen LogP contribution is 2.20. The third-order valence-electron chi connectivity index (χ3n) is 4.23. The van der Waals surface area contributed by atoms with Gasteiger partial charge in [0.25, 0.3) is 0 Å². The SMILES string of the molecule is COc1ccc(OCCCC(=O)OCc2cc(=O)oc3cc(C)ccc23)cc1. The molecular formula is C22H22O6. The number of esters is 1. The summed E-state index contributed by atoms with van der Waals surface area (Å²) in [4.78, 5) is 23.7. The molecule has 0 radical (unpaired) electrons. The summed E-state index contributed by atoms with van der Waals surface area (Å²) in [6.07, 6.45) is 0.760. The van der Waals surface area contributed by atoms with Crippen LogP contribution >= 0.6 is 0 Å². The van der Waals surface area contributed by atoms with Gasteiger partial charge in [0, 0.05) is 23.4 Å². The minimum atomic E-state index is -0.461. The molecule has 0 spiro atoms. The molecule has 0 aliphatic carbocycles. The smallest absolute Gasteiger partial charge is 0.336 e. The first-order chi connectivity index (χ1) is 13.5. The Kier molecular flexibility index (Phi) is 6.32. The lowest BCUT2D eigenvalue weighted by Crippen LogP contribution is -2.09. The molecule has 0 bridgehead atoms. The van der Waals surface area contributed by atoms with Crippen LogP contribution in [0.3, 0.4) is 0 Å². The molecule has 2 aromatic carbocycles. The first kappa shape index (κ1) is 19.5. The van der Waals surface area contributed by atoms with Gasteiger partial charge in [0.2, 0.25) is 0 Å². The number of carbonyl (C=O) groups excluding carboxylic acids is 1. The maximum Gasteiger partial charge on any atom is 0.336 e. The fourth-order valence-electron chi connectivity index (χ4n) is 2.77. The molecular weight excluding hydrogens is 360 g/mol. The van der Waals surface area contributed by atoms with Crippen LogP contribution in [0.15, 0.2) is 57.7 Å². The lowest BCUT2D eigenvalue weighted by atomic mass is 10.1. The number of hydrogen-bond donors (Lipinski definition) is 0. The van der Waals surface area contributed by atoms with E-state index in [9.17, 15) is 9.59 Å². The molecule has 6 heteroatoms. The van der Waals surface area contributed by atoms with Crippen molar-refractivity contribution in [2.75, 3.05) is 13.7 Å². The first-order valence-corrected chi connectivity index (χ1v) is 9.01. The lowest BCUT2D eigenvalue weighted by molar-refractivity contribution is -0.145. The summed E-state index contributed by atoms with van der Waals surface area (Å²) in [6.45, 7) is 2.35. The second-order valence-electron chi connectivity index (χ2n) is 6.38. The standard InChI is InChI=1S/C22H22O6/c1-15-5-10-19-16(13-22(24)28-20(19)12-15)14-27-21(23)4-3-11-26-18-8-6-17(25-2)7-9-18/h5-10,12-13H,3-4,11,14H2,1-2H3. The topological polar surface area (TPSA) is 75.0 Å². The van der Waals surface area contributed by atoms with Gasteiger partial charge < -0.3 is 18.6 Å². The summed E-state index contributed by atoms with van der Waals surface area (Å²) in [7, 11) is 1.60. The van der Waals surface area contributed by atoms with E-state index in [1.807, 2.05) is 43.3 Å². The summed E-state index contributed by atoms with van der Waals surface area (Å²) in [5.41, 5.74) is 1.65. The van der Waals surface area contributed by atoms with Crippen LogP contribution in [0.2, 0.25) is 0 Å². The highest BCUT2D eigenvalue weighted by atomic mass is 16.5. The third kappa shape index (κ3) is 5.13. The van der Waals surface area contributed by atoms with E-state index in [4.69, 9.17) is 18.6 Å². The van der Waals surface area contributed by atoms with Crippen molar-refractivity contribution >= 4 is 16.9 Å². The van der Waals surface area contributed by atoms with Gasteiger partial charge in [0.1, 0.15) is 23.7 Å². The molecule has 1 heterocycles. The maximum absolute atomic E-state index is 12.0. The van der Waals surface area contributed by atoms with Crippen LogP contribution in [0.1, 0.15) is 24.0 Å². The van der Waals surface area contributed by atoms with Crippen LogP contribution < -0.4 is 15.1 Å². The molecule has 0 N–H and O–H groups in total. The van der Waals surface area contributed by atoms with Gasteiger partial charge in [0.05, 0.1) is 13.7 Å². The predicted octanol–water partition coefficient (Wildman–Crippen LogP) is 4.01. The second kappa shape index (κ2) is 9.08. The van der Waals surface area contributed by atoms with Gasteiger partial charge in [-0.05, 0) is 49.2 Å². The van der Waals surface area contributed by atoms with Crippen molar-refractivity contribution < 1.29 is 23.4 Å². The molecule has 0 aliphatic rings. The number of fused-ring (bicyclic) bond motifs is 1. The van der Waals surface area contributed by atoms with Gasteiger partial charge in [0.15, 0.2) is 0 Å². The van der Waals surface area contributed by atoms with E-state index in [-0.39, 0.29) is 19.0 Å². The molecule has 6 nitrogen and oxygen atoms in total. The summed E-state index contributed by atoms with van der Waals surface area (Å²) in [5.74, 6) is 1.13. The molecule has 0 atom stereocenters. The number of ether oxygens (including phenoxy) is 3. The molecule has 3 rings (SSSR count). The van der Waals surface area contributed by atoms with Crippen LogP contribution in [0.25, 0.3) is 11.0 Å². The summed E-state index contributed by atoms with van der Waals surface area (Å²) >= 11 is 0. The van der Waals surface area contributed by atoms with Crippen molar-refractivity contribution in [1.82, 2.24) is 0 Å². The minimum absolute atomic E-state index is 0.0311. The minimum Gasteiger partial charge on any atom is -0.497 e. The van der Waals surface area contributed by atoms with Crippen LogP contribution in [0, 0.1) is 6.92 Å². The molecule has 0 unspecified atom stereocenters. The zero-order valence-corrected chi connectivity index (χ0v) is 15.9. The molecule has 0 amide bonds. The zero-order valence-electron chi connectivity index (χ0n) is 15.9. The molecule has 0 saturated carbocycles. The van der Waals surface area contributed by atoms with Gasteiger partial charge >= 0.3 is 11.6 Å². The van der Waals surface area contributed by atoms with Crippen LogP contribution in [0.4, 0.5) is 0 Å². The van der Waals surface area contributed by atoms with Crippen molar-refractivity contribution in [1.29, 1.82) is 0 Å².